The molecule has 0 bridgehead atoms. The number of rotatable bonds is 4. The second-order valence-corrected chi connectivity index (χ2v) is 5.48. The maximum atomic E-state index is 12.5. The van der Waals surface area contributed by atoms with Gasteiger partial charge in [-0.3, -0.25) is 4.79 Å². The van der Waals surface area contributed by atoms with Crippen LogP contribution in [-0.2, 0) is 0 Å². The number of nitrogen functional groups attached to an aromatic ring is 1. The van der Waals surface area contributed by atoms with Gasteiger partial charge in [-0.1, -0.05) is 29.1 Å². The van der Waals surface area contributed by atoms with Gasteiger partial charge in [0.1, 0.15) is 0 Å². The minimum Gasteiger partial charge on any atom is -0.399 e. The highest BCUT2D eigenvalue weighted by Crippen LogP contribution is 2.32. The van der Waals surface area contributed by atoms with E-state index in [0.29, 0.717) is 23.7 Å². The summed E-state index contributed by atoms with van der Waals surface area (Å²) in [6, 6.07) is 3.06. The molecule has 1 aliphatic rings. The third kappa shape index (κ3) is 3.34. The van der Waals surface area contributed by atoms with Crippen molar-refractivity contribution in [3.05, 3.63) is 27.7 Å². The minimum atomic E-state index is -0.218. The molecule has 0 spiro atoms. The number of terminal acetylenes is 1. The van der Waals surface area contributed by atoms with Gasteiger partial charge in [-0.15, -0.1) is 6.42 Å². The Labute approximate surface area is 122 Å². The summed E-state index contributed by atoms with van der Waals surface area (Å²) in [7, 11) is 0. The number of hydrogen-bond donors (Lipinski definition) is 1. The lowest BCUT2D eigenvalue weighted by molar-refractivity contribution is 0.0770. The number of carbonyl (C=O) groups is 1. The molecule has 1 aliphatic carbocycles. The second-order valence-electron chi connectivity index (χ2n) is 4.70. The van der Waals surface area contributed by atoms with Crippen LogP contribution < -0.4 is 5.73 Å². The van der Waals surface area contributed by atoms with Gasteiger partial charge in [0.05, 0.1) is 22.2 Å². The summed E-state index contributed by atoms with van der Waals surface area (Å²) in [5, 5.41) is 0.496. The number of anilines is 1. The van der Waals surface area contributed by atoms with Gasteiger partial charge in [0.25, 0.3) is 5.91 Å². The summed E-state index contributed by atoms with van der Waals surface area (Å²) in [6.45, 7) is 0.920. The van der Waals surface area contributed by atoms with Crippen molar-refractivity contribution in [1.82, 2.24) is 4.90 Å². The number of halogens is 2. The normalized spacial score (nSPS) is 13.9. The van der Waals surface area contributed by atoms with Crippen LogP contribution in [0.3, 0.4) is 0 Å². The lowest BCUT2D eigenvalue weighted by Crippen LogP contribution is -2.33. The van der Waals surface area contributed by atoms with E-state index in [9.17, 15) is 4.79 Å². The number of benzene rings is 1. The van der Waals surface area contributed by atoms with E-state index >= 15 is 0 Å². The smallest absolute Gasteiger partial charge is 0.256 e. The molecule has 2 rings (SSSR count). The molecule has 1 saturated carbocycles. The van der Waals surface area contributed by atoms with Crippen LogP contribution in [0.2, 0.25) is 10.0 Å². The Morgan fingerprint density at radius 1 is 1.47 bits per heavy atom. The Bertz CT molecular complexity index is 547. The zero-order valence-corrected chi connectivity index (χ0v) is 11.8. The summed E-state index contributed by atoms with van der Waals surface area (Å²) in [5.74, 6) is 2.83. The van der Waals surface area contributed by atoms with Crippen molar-refractivity contribution >= 4 is 34.8 Å². The Hall–Kier alpha value is -1.37. The molecule has 1 amide bonds. The first-order valence-corrected chi connectivity index (χ1v) is 6.75. The molecule has 19 heavy (non-hydrogen) atoms. The third-order valence-electron chi connectivity index (χ3n) is 3.03. The highest BCUT2D eigenvalue weighted by atomic mass is 35.5. The van der Waals surface area contributed by atoms with Crippen molar-refractivity contribution in [1.29, 1.82) is 0 Å². The predicted octanol–water partition coefficient (Wildman–Crippen LogP) is 3.06. The minimum absolute atomic E-state index is 0.218. The first kappa shape index (κ1) is 14.0. The Balaban J connectivity index is 2.27. The van der Waals surface area contributed by atoms with Gasteiger partial charge >= 0.3 is 0 Å². The SMILES string of the molecule is C#CCN(CC1CC1)C(=O)c1cc(N)cc(Cl)c1Cl. The van der Waals surface area contributed by atoms with Gasteiger partial charge in [0.15, 0.2) is 0 Å². The Kier molecular flexibility index (Phi) is 4.24. The summed E-state index contributed by atoms with van der Waals surface area (Å²) in [5.41, 5.74) is 6.41. The molecule has 0 saturated heterocycles. The zero-order chi connectivity index (χ0) is 14.0. The first-order chi connectivity index (χ1) is 9.02. The van der Waals surface area contributed by atoms with Gasteiger partial charge in [-0.2, -0.15) is 0 Å². The number of nitrogens with two attached hydrogens (primary N) is 1. The molecule has 1 aromatic rings. The van der Waals surface area contributed by atoms with E-state index in [1.807, 2.05) is 0 Å². The second kappa shape index (κ2) is 5.73. The highest BCUT2D eigenvalue weighted by Gasteiger charge is 2.28. The van der Waals surface area contributed by atoms with Crippen LogP contribution in [0.15, 0.2) is 12.1 Å². The number of hydrogen-bond acceptors (Lipinski definition) is 2. The number of carbonyl (C=O) groups excluding carboxylic acids is 1. The standard InChI is InChI=1S/C14H14Cl2N2O/c1-2-5-18(8-9-3-4-9)14(19)11-6-10(17)7-12(15)13(11)16/h1,6-7,9H,3-5,8,17H2. The molecule has 2 N–H and O–H groups in total. The highest BCUT2D eigenvalue weighted by molar-refractivity contribution is 6.44. The largest absolute Gasteiger partial charge is 0.399 e. The Morgan fingerprint density at radius 2 is 2.16 bits per heavy atom. The maximum absolute atomic E-state index is 12.5. The molecule has 100 valence electrons. The lowest BCUT2D eigenvalue weighted by atomic mass is 10.1. The fraction of sp³-hybridized carbons (Fsp3) is 0.357. The molecule has 1 aromatic carbocycles. The summed E-state index contributed by atoms with van der Waals surface area (Å²) >= 11 is 12.0. The summed E-state index contributed by atoms with van der Waals surface area (Å²) < 4.78 is 0. The molecule has 0 radical (unpaired) electrons. The molecule has 0 aliphatic heterocycles. The Morgan fingerprint density at radius 3 is 2.74 bits per heavy atom. The van der Waals surface area contributed by atoms with E-state index in [1.54, 1.807) is 4.90 Å². The van der Waals surface area contributed by atoms with Gasteiger partial charge < -0.3 is 10.6 Å². The van der Waals surface area contributed by atoms with Gasteiger partial charge in [0.2, 0.25) is 0 Å². The van der Waals surface area contributed by atoms with E-state index in [1.165, 1.54) is 12.1 Å². The van der Waals surface area contributed by atoms with Crippen LogP contribution in [0.4, 0.5) is 5.69 Å². The average molecular weight is 297 g/mol. The van der Waals surface area contributed by atoms with Gasteiger partial charge in [0, 0.05) is 12.2 Å². The summed E-state index contributed by atoms with van der Waals surface area (Å²) in [6.07, 6.45) is 7.59. The molecule has 0 unspecified atom stereocenters. The van der Waals surface area contributed by atoms with Crippen molar-refractivity contribution in [3.63, 3.8) is 0 Å². The molecule has 0 atom stereocenters. The zero-order valence-electron chi connectivity index (χ0n) is 10.3. The molecule has 0 heterocycles. The van der Waals surface area contributed by atoms with Crippen molar-refractivity contribution < 1.29 is 4.79 Å². The fourth-order valence-corrected chi connectivity index (χ4v) is 2.30. The number of nitrogens with zero attached hydrogens (tertiary/aromatic N) is 1. The fourth-order valence-electron chi connectivity index (χ4n) is 1.88. The summed E-state index contributed by atoms with van der Waals surface area (Å²) in [4.78, 5) is 14.1. The number of amides is 1. The van der Waals surface area contributed by atoms with E-state index < -0.39 is 0 Å². The van der Waals surface area contributed by atoms with Crippen LogP contribution in [0.25, 0.3) is 0 Å². The van der Waals surface area contributed by atoms with Gasteiger partial charge in [-0.25, -0.2) is 0 Å². The average Bonchev–Trinajstić information content (AvgIpc) is 3.16. The quantitative estimate of drug-likeness (QED) is 0.686. The molecular formula is C14H14Cl2N2O. The van der Waals surface area contributed by atoms with E-state index in [-0.39, 0.29) is 22.5 Å². The van der Waals surface area contributed by atoms with E-state index in [4.69, 9.17) is 35.4 Å². The molecular weight excluding hydrogens is 283 g/mol. The molecule has 3 nitrogen and oxygen atoms in total. The van der Waals surface area contributed by atoms with Gasteiger partial charge in [-0.05, 0) is 30.9 Å². The first-order valence-electron chi connectivity index (χ1n) is 6.00. The van der Waals surface area contributed by atoms with Crippen LogP contribution in [0.1, 0.15) is 23.2 Å². The van der Waals surface area contributed by atoms with Crippen molar-refractivity contribution in [3.8, 4) is 12.3 Å². The topological polar surface area (TPSA) is 46.3 Å². The molecule has 0 aromatic heterocycles. The van der Waals surface area contributed by atoms with E-state index in [0.717, 1.165) is 12.8 Å². The predicted molar refractivity (Wildman–Crippen MR) is 78.3 cm³/mol. The van der Waals surface area contributed by atoms with Crippen LogP contribution in [0, 0.1) is 18.3 Å². The maximum Gasteiger partial charge on any atom is 0.256 e. The molecule has 1 fully saturated rings. The van der Waals surface area contributed by atoms with E-state index in [2.05, 4.69) is 5.92 Å². The van der Waals surface area contributed by atoms with Crippen LogP contribution >= 0.6 is 23.2 Å². The monoisotopic (exact) mass is 296 g/mol. The van der Waals surface area contributed by atoms with Crippen molar-refractivity contribution in [2.75, 3.05) is 18.8 Å². The lowest BCUT2D eigenvalue weighted by Gasteiger charge is -2.21. The van der Waals surface area contributed by atoms with Crippen LogP contribution in [0.5, 0.6) is 0 Å². The molecule has 5 heteroatoms. The van der Waals surface area contributed by atoms with Crippen LogP contribution in [-0.4, -0.2) is 23.9 Å². The third-order valence-corrected chi connectivity index (χ3v) is 3.83. The van der Waals surface area contributed by atoms with Crippen molar-refractivity contribution in [2.24, 2.45) is 5.92 Å². The van der Waals surface area contributed by atoms with Crippen molar-refractivity contribution in [2.45, 2.75) is 12.8 Å².